The first kappa shape index (κ1) is 63.7. The van der Waals surface area contributed by atoms with E-state index < -0.39 is 0 Å². The minimum atomic E-state index is -0.0635. The summed E-state index contributed by atoms with van der Waals surface area (Å²) in [5.74, 6) is 6.22. The number of aromatic nitrogens is 18. The van der Waals surface area contributed by atoms with Crippen molar-refractivity contribution in [2.45, 2.75) is 175 Å². The highest BCUT2D eigenvalue weighted by atomic mass is 32.1. The van der Waals surface area contributed by atoms with Crippen LogP contribution in [0.1, 0.15) is 121 Å². The van der Waals surface area contributed by atoms with Gasteiger partial charge in [-0.15, -0.1) is 34.0 Å². The topological polar surface area (TPSA) is 248 Å². The van der Waals surface area contributed by atoms with Crippen molar-refractivity contribution in [1.82, 2.24) is 87.9 Å². The summed E-state index contributed by atoms with van der Waals surface area (Å²) in [4.78, 5) is 52.8. The molecule has 3 N–H and O–H groups in total. The minimum absolute atomic E-state index is 0.00399. The molecule has 96 heavy (non-hydrogen) atoms. The van der Waals surface area contributed by atoms with Crippen molar-refractivity contribution in [3.63, 3.8) is 0 Å². The van der Waals surface area contributed by atoms with Gasteiger partial charge in [0.1, 0.15) is 49.0 Å². The number of hydrogen-bond donors (Lipinski definition) is 3. The van der Waals surface area contributed by atoms with E-state index in [1.54, 1.807) is 47.3 Å². The van der Waals surface area contributed by atoms with Crippen LogP contribution in [-0.4, -0.2) is 146 Å². The average Bonchev–Trinajstić information content (AvgIpc) is 1.61. The van der Waals surface area contributed by atoms with E-state index >= 15 is 0 Å². The van der Waals surface area contributed by atoms with Crippen LogP contribution in [0.2, 0.25) is 0 Å². The van der Waals surface area contributed by atoms with Crippen LogP contribution in [0.25, 0.3) is 97.3 Å². The van der Waals surface area contributed by atoms with Crippen LogP contribution < -0.4 is 16.0 Å². The molecule has 8 atom stereocenters. The van der Waals surface area contributed by atoms with E-state index in [2.05, 4.69) is 130 Å². The number of methoxy groups -OCH3 is 3. The summed E-state index contributed by atoms with van der Waals surface area (Å²) in [6, 6.07) is 7.06. The highest BCUT2D eigenvalue weighted by molar-refractivity contribution is 7.23. The summed E-state index contributed by atoms with van der Waals surface area (Å²) in [6.07, 6.45) is 23.9. The summed E-state index contributed by atoms with van der Waals surface area (Å²) in [5, 5.41) is 30.0. The fourth-order valence-corrected chi connectivity index (χ4v) is 18.0. The molecule has 12 aromatic heterocycles. The number of aryl methyl sites for hydroxylation is 4. The van der Waals surface area contributed by atoms with Gasteiger partial charge in [0.25, 0.3) is 0 Å². The fourth-order valence-electron chi connectivity index (χ4n) is 14.5. The first-order valence-corrected chi connectivity index (χ1v) is 35.9. The Hall–Kier alpha value is -8.34. The first-order chi connectivity index (χ1) is 46.5. The number of rotatable bonds is 22. The van der Waals surface area contributed by atoms with E-state index in [0.29, 0.717) is 48.0 Å². The number of fused-ring (bicyclic) bond motifs is 3. The van der Waals surface area contributed by atoms with Crippen molar-refractivity contribution in [1.29, 1.82) is 0 Å². The fraction of sp³-hybridized carbons (Fsp3) is 0.478. The molecular formula is C69H83N21O3S3. The summed E-state index contributed by atoms with van der Waals surface area (Å²) in [5.41, 5.74) is 6.01. The monoisotopic (exact) mass is 1350 g/mol. The number of nitrogens with one attached hydrogen (secondary N) is 3. The molecule has 27 heteroatoms. The molecular weight excluding hydrogens is 1270 g/mol. The molecule has 12 aromatic rings. The van der Waals surface area contributed by atoms with E-state index in [-0.39, 0.29) is 66.4 Å². The first-order valence-electron chi connectivity index (χ1n) is 33.5. The van der Waals surface area contributed by atoms with Gasteiger partial charge >= 0.3 is 0 Å². The van der Waals surface area contributed by atoms with Crippen molar-refractivity contribution in [2.75, 3.05) is 37.3 Å². The number of imidazole rings is 3. The van der Waals surface area contributed by atoms with Gasteiger partial charge in [-0.3, -0.25) is 14.0 Å². The molecule has 3 saturated carbocycles. The Kier molecular flexibility index (Phi) is 17.2. The zero-order valence-electron chi connectivity index (χ0n) is 56.6. The Balaban J connectivity index is 0.765. The van der Waals surface area contributed by atoms with Crippen LogP contribution in [-0.2, 0) is 34.3 Å². The van der Waals surface area contributed by atoms with Crippen LogP contribution in [0.3, 0.4) is 0 Å². The summed E-state index contributed by atoms with van der Waals surface area (Å²) < 4.78 is 30.7. The average molecular weight is 1350 g/mol. The SMILES string of the molecule is CO[C@@H]1CC[C@H](Nc2nc(-c3nccn3CC3C[C@H](OC)C[C@@H]3Nc3nc(-c4nccn4CC4C[C@@H](OC)C[C@@H]4Nc4nc(-c5nccn5C)nc5sc(-c6ccn(C(C)C)n6)c(C)c45)nc4sc(-c5ccn(C(C)C)n5)c(C)c34)nc3sc(-c4ccn(C(C)C)n4)c(C)c23)C1. The highest BCUT2D eigenvalue weighted by Crippen LogP contribution is 2.46. The smallest absolute Gasteiger partial charge is 0.199 e. The van der Waals surface area contributed by atoms with Gasteiger partial charge in [-0.05, 0) is 154 Å². The molecule has 3 aliphatic rings. The van der Waals surface area contributed by atoms with Gasteiger partial charge in [0.15, 0.2) is 34.9 Å². The van der Waals surface area contributed by atoms with Crippen LogP contribution in [0, 0.1) is 32.6 Å². The van der Waals surface area contributed by atoms with Gasteiger partial charge in [0.2, 0.25) is 0 Å². The van der Waals surface area contributed by atoms with Crippen molar-refractivity contribution in [3.05, 3.63) is 90.7 Å². The third-order valence-electron chi connectivity index (χ3n) is 19.9. The molecule has 2 unspecified atom stereocenters. The Morgan fingerprint density at radius 1 is 0.458 bits per heavy atom. The molecule has 500 valence electrons. The summed E-state index contributed by atoms with van der Waals surface area (Å²) in [6.45, 7) is 20.6. The van der Waals surface area contributed by atoms with Crippen molar-refractivity contribution in [3.8, 4) is 66.7 Å². The molecule has 0 aliphatic heterocycles. The maximum atomic E-state index is 6.26. The molecule has 0 spiro atoms. The lowest BCUT2D eigenvalue weighted by Gasteiger charge is -2.24. The van der Waals surface area contributed by atoms with E-state index in [9.17, 15) is 0 Å². The molecule has 0 radical (unpaired) electrons. The molecule has 0 aromatic carbocycles. The number of nitrogens with zero attached hydrogens (tertiary/aromatic N) is 18. The second kappa shape index (κ2) is 25.9. The number of ether oxygens (including phenoxy) is 3. The van der Waals surface area contributed by atoms with E-state index in [1.165, 1.54) is 0 Å². The zero-order valence-corrected chi connectivity index (χ0v) is 59.1. The lowest BCUT2D eigenvalue weighted by Crippen LogP contribution is -2.29. The van der Waals surface area contributed by atoms with Gasteiger partial charge in [-0.25, -0.2) is 44.9 Å². The molecule has 3 fully saturated rings. The number of hydrogen-bond acceptors (Lipinski definition) is 21. The maximum absolute atomic E-state index is 6.26. The molecule has 0 saturated heterocycles. The van der Waals surface area contributed by atoms with Crippen LogP contribution in [0.4, 0.5) is 17.5 Å². The van der Waals surface area contributed by atoms with Crippen LogP contribution in [0.15, 0.2) is 74.0 Å². The predicted octanol–water partition coefficient (Wildman–Crippen LogP) is 13.9. The molecule has 0 amide bonds. The molecule has 3 aliphatic carbocycles. The van der Waals surface area contributed by atoms with E-state index in [4.69, 9.17) is 74.4 Å². The third-order valence-corrected chi connectivity index (χ3v) is 23.5. The summed E-state index contributed by atoms with van der Waals surface area (Å²) in [7, 11) is 7.40. The van der Waals surface area contributed by atoms with Crippen molar-refractivity contribution < 1.29 is 14.2 Å². The van der Waals surface area contributed by atoms with Crippen LogP contribution >= 0.6 is 34.0 Å². The predicted molar refractivity (Wildman–Crippen MR) is 380 cm³/mol. The second-order valence-electron chi connectivity index (χ2n) is 27.1. The van der Waals surface area contributed by atoms with Gasteiger partial charge < -0.3 is 43.9 Å². The van der Waals surface area contributed by atoms with Crippen molar-refractivity contribution >= 4 is 82.1 Å². The standard InChI is InChI=1S/C69H83N21O3S3/c1-35(2)88-22-16-47(82-88)55-38(7)52-58(73-43-14-15-44(30-43)91-11)76-62(80-67(52)94-55)65-71-20-26-86(65)33-42-29-46(93-13)32-51(42)75-60-54-40(9)57(49-18-24-90(84-49)37(5)6)96-69(54)81-63(78-60)66-72-21-27-87(66)34-41-28-45(92-12)31-50(41)74-59-53-39(8)56(48-17-23-89(83-48)36(3)4)95-68(53)79-61(77-59)64-70-19-25-85(64)10/h16-27,35-37,41-46,50-51H,14-15,28-34H2,1-13H3,(H,73,76,80)(H,74,77,79)(H,75,78,81)/t41?,42?,43-,44+,45+,46-,50-,51-/m0/s1. The van der Waals surface area contributed by atoms with E-state index in [1.807, 2.05) is 64.7 Å². The van der Waals surface area contributed by atoms with Crippen molar-refractivity contribution in [2.24, 2.45) is 18.9 Å². The quantitative estimate of drug-likeness (QED) is 0.0570. The third kappa shape index (κ3) is 11.8. The Morgan fingerprint density at radius 2 is 0.844 bits per heavy atom. The van der Waals surface area contributed by atoms with Gasteiger partial charge in [-0.1, -0.05) is 0 Å². The molecule has 12 heterocycles. The Morgan fingerprint density at radius 3 is 1.21 bits per heavy atom. The Bertz CT molecular complexity index is 4800. The number of anilines is 3. The largest absolute Gasteiger partial charge is 0.381 e. The zero-order chi connectivity index (χ0) is 66.4. The molecule has 24 nitrogen and oxygen atoms in total. The highest BCUT2D eigenvalue weighted by Gasteiger charge is 2.39. The Labute approximate surface area is 569 Å². The van der Waals surface area contributed by atoms with Gasteiger partial charge in [0.05, 0.1) is 49.1 Å². The lowest BCUT2D eigenvalue weighted by molar-refractivity contribution is 0.104. The normalized spacial score (nSPS) is 20.8. The summed E-state index contributed by atoms with van der Waals surface area (Å²) >= 11 is 4.94. The van der Waals surface area contributed by atoms with E-state index in [0.717, 1.165) is 141 Å². The maximum Gasteiger partial charge on any atom is 0.199 e. The van der Waals surface area contributed by atoms with Crippen LogP contribution in [0.5, 0.6) is 0 Å². The number of thiophene rings is 3. The minimum Gasteiger partial charge on any atom is -0.381 e. The molecule has 15 rings (SSSR count). The second-order valence-corrected chi connectivity index (χ2v) is 30.1. The lowest BCUT2D eigenvalue weighted by atomic mass is 10.0. The van der Waals surface area contributed by atoms with Gasteiger partial charge in [-0.2, -0.15) is 15.3 Å². The molecule has 0 bridgehead atoms. The van der Waals surface area contributed by atoms with Gasteiger partial charge in [0, 0.05) is 133 Å².